The highest BCUT2D eigenvalue weighted by Gasteiger charge is 2.33. The van der Waals surface area contributed by atoms with Crippen molar-refractivity contribution < 1.29 is 4.57 Å². The molecule has 0 aliphatic heterocycles. The molecule has 0 aliphatic rings. The van der Waals surface area contributed by atoms with Gasteiger partial charge >= 0.3 is 0 Å². The fraction of sp³-hybridized carbons (Fsp3) is 0. The molecule has 24 heavy (non-hydrogen) atoms. The number of para-hydroxylation sites is 2. The van der Waals surface area contributed by atoms with Gasteiger partial charge in [-0.3, -0.25) is 0 Å². The highest BCUT2D eigenvalue weighted by molar-refractivity contribution is 7.85. The van der Waals surface area contributed by atoms with Crippen LogP contribution in [-0.4, -0.2) is 0 Å². The van der Waals surface area contributed by atoms with Gasteiger partial charge in [0.1, 0.15) is 0 Å². The molecule has 0 fully saturated rings. The number of hydrogen-bond donors (Lipinski definition) is 0. The third-order valence-electron chi connectivity index (χ3n) is 3.80. The van der Waals surface area contributed by atoms with E-state index in [9.17, 15) is 4.57 Å². The lowest BCUT2D eigenvalue weighted by Crippen LogP contribution is -2.25. The lowest BCUT2D eigenvalue weighted by atomic mass is 10.3. The summed E-state index contributed by atoms with van der Waals surface area (Å²) in [7, 11) is -3.31. The Bertz CT molecular complexity index is 952. The van der Waals surface area contributed by atoms with Crippen LogP contribution < -0.4 is 15.9 Å². The minimum absolute atomic E-state index is 0.351. The van der Waals surface area contributed by atoms with Gasteiger partial charge in [-0.05, 0) is 0 Å². The molecular weight excluding hydrogens is 315 g/mol. The van der Waals surface area contributed by atoms with Gasteiger partial charge in [-0.1, -0.05) is 78.9 Å². The van der Waals surface area contributed by atoms with Gasteiger partial charge in [0.25, 0.3) is 0 Å². The van der Waals surface area contributed by atoms with Crippen LogP contribution >= 0.6 is 7.14 Å². The SMILES string of the molecule is [C-]#[N+]c1ccccc1P(=O)(c1ccccc1)c1ccccc1[N+]#[C-]. The number of hydrogen-bond acceptors (Lipinski definition) is 1. The normalized spacial score (nSPS) is 10.6. The van der Waals surface area contributed by atoms with Crippen LogP contribution in [0.4, 0.5) is 11.4 Å². The van der Waals surface area contributed by atoms with Crippen molar-refractivity contribution in [3.8, 4) is 0 Å². The Morgan fingerprint density at radius 2 is 1.04 bits per heavy atom. The predicted molar refractivity (Wildman–Crippen MR) is 98.4 cm³/mol. The summed E-state index contributed by atoms with van der Waals surface area (Å²) in [6.45, 7) is 14.9. The van der Waals surface area contributed by atoms with Gasteiger partial charge in [0.05, 0.1) is 13.1 Å². The van der Waals surface area contributed by atoms with E-state index in [-0.39, 0.29) is 0 Å². The number of rotatable bonds is 3. The Balaban J connectivity index is 2.42. The first-order valence-corrected chi connectivity index (χ1v) is 9.02. The van der Waals surface area contributed by atoms with E-state index < -0.39 is 7.14 Å². The monoisotopic (exact) mass is 328 g/mol. The summed E-state index contributed by atoms with van der Waals surface area (Å²) < 4.78 is 14.3. The molecule has 4 heteroatoms. The third kappa shape index (κ3) is 2.52. The number of benzene rings is 3. The summed E-state index contributed by atoms with van der Waals surface area (Å²) in [6, 6.07) is 22.9. The second kappa shape index (κ2) is 6.55. The highest BCUT2D eigenvalue weighted by Crippen LogP contribution is 2.47. The quantitative estimate of drug-likeness (QED) is 0.516. The molecule has 0 aliphatic carbocycles. The van der Waals surface area contributed by atoms with Crippen LogP contribution in [0, 0.1) is 13.1 Å². The van der Waals surface area contributed by atoms with Crippen molar-refractivity contribution in [2.24, 2.45) is 0 Å². The molecule has 0 unspecified atom stereocenters. The minimum atomic E-state index is -3.31. The van der Waals surface area contributed by atoms with Crippen LogP contribution in [0.2, 0.25) is 0 Å². The van der Waals surface area contributed by atoms with Gasteiger partial charge in [0.2, 0.25) is 0 Å². The fourth-order valence-electron chi connectivity index (χ4n) is 2.70. The van der Waals surface area contributed by atoms with Crippen molar-refractivity contribution in [2.45, 2.75) is 0 Å². The first kappa shape index (κ1) is 15.8. The number of nitrogens with zero attached hydrogens (tertiary/aromatic N) is 2. The summed E-state index contributed by atoms with van der Waals surface area (Å²) in [5.41, 5.74) is 0.703. The summed E-state index contributed by atoms with van der Waals surface area (Å²) in [5, 5.41) is 1.57. The summed E-state index contributed by atoms with van der Waals surface area (Å²) in [6.07, 6.45) is 0. The van der Waals surface area contributed by atoms with Gasteiger partial charge in [-0.25, -0.2) is 9.69 Å². The van der Waals surface area contributed by atoms with Gasteiger partial charge in [-0.15, -0.1) is 0 Å². The Labute approximate surface area is 141 Å². The van der Waals surface area contributed by atoms with Gasteiger partial charge in [-0.2, -0.15) is 0 Å². The van der Waals surface area contributed by atoms with Crippen LogP contribution in [-0.2, 0) is 4.57 Å². The van der Waals surface area contributed by atoms with Crippen LogP contribution in [0.5, 0.6) is 0 Å². The molecule has 3 aromatic rings. The Kier molecular flexibility index (Phi) is 4.30. The molecule has 3 aromatic carbocycles. The van der Waals surface area contributed by atoms with E-state index in [1.807, 2.05) is 18.2 Å². The first-order valence-electron chi connectivity index (χ1n) is 7.31. The molecule has 0 heterocycles. The average Bonchev–Trinajstić information content (AvgIpc) is 2.68. The molecule has 0 radical (unpaired) electrons. The minimum Gasteiger partial charge on any atom is -0.311 e. The van der Waals surface area contributed by atoms with Gasteiger partial charge < -0.3 is 4.57 Å². The van der Waals surface area contributed by atoms with E-state index in [0.717, 1.165) is 0 Å². The molecule has 0 atom stereocenters. The standard InChI is InChI=1S/C20H13N2OP/c1-21-17-12-6-8-14-19(17)24(23,16-10-4-3-5-11-16)20-15-9-7-13-18(20)22-2/h3-15H. The molecular formula is C20H13N2OP. The van der Waals surface area contributed by atoms with E-state index in [0.29, 0.717) is 27.3 Å². The predicted octanol–water partition coefficient (Wildman–Crippen LogP) is 4.43. The maximum Gasteiger partial charge on any atom is 0.198 e. The largest absolute Gasteiger partial charge is 0.311 e. The van der Waals surface area contributed by atoms with E-state index in [4.69, 9.17) is 13.1 Å². The molecule has 0 saturated heterocycles. The highest BCUT2D eigenvalue weighted by atomic mass is 31.2. The van der Waals surface area contributed by atoms with Crippen molar-refractivity contribution in [3.05, 3.63) is 102 Å². The van der Waals surface area contributed by atoms with Crippen molar-refractivity contribution in [3.63, 3.8) is 0 Å². The molecule has 0 spiro atoms. The van der Waals surface area contributed by atoms with E-state index in [1.165, 1.54) is 0 Å². The molecule has 0 aromatic heterocycles. The molecule has 0 amide bonds. The Morgan fingerprint density at radius 3 is 1.50 bits per heavy atom. The van der Waals surface area contributed by atoms with Crippen LogP contribution in [0.15, 0.2) is 78.9 Å². The van der Waals surface area contributed by atoms with E-state index in [1.54, 1.807) is 60.7 Å². The molecule has 114 valence electrons. The lowest BCUT2D eigenvalue weighted by Gasteiger charge is -2.22. The summed E-state index contributed by atoms with van der Waals surface area (Å²) in [5.74, 6) is 0. The molecule has 0 saturated carbocycles. The second-order valence-corrected chi connectivity index (χ2v) is 7.84. The fourth-order valence-corrected chi connectivity index (χ4v) is 5.59. The maximum atomic E-state index is 14.3. The smallest absolute Gasteiger partial charge is 0.198 e. The third-order valence-corrected chi connectivity index (χ3v) is 6.94. The van der Waals surface area contributed by atoms with E-state index >= 15 is 0 Å². The molecule has 0 bridgehead atoms. The van der Waals surface area contributed by atoms with Crippen LogP contribution in [0.3, 0.4) is 0 Å². The Morgan fingerprint density at radius 1 is 0.625 bits per heavy atom. The van der Waals surface area contributed by atoms with E-state index in [2.05, 4.69) is 9.69 Å². The maximum absolute atomic E-state index is 14.3. The second-order valence-electron chi connectivity index (χ2n) is 5.15. The van der Waals surface area contributed by atoms with Gasteiger partial charge in [0.15, 0.2) is 18.5 Å². The zero-order valence-electron chi connectivity index (χ0n) is 12.8. The molecule has 3 rings (SSSR count). The molecule has 3 nitrogen and oxygen atoms in total. The van der Waals surface area contributed by atoms with Gasteiger partial charge in [0, 0.05) is 15.9 Å². The van der Waals surface area contributed by atoms with Crippen molar-refractivity contribution >= 4 is 34.4 Å². The Hall–Kier alpha value is -3.13. The zero-order valence-corrected chi connectivity index (χ0v) is 13.6. The van der Waals surface area contributed by atoms with Crippen LogP contribution in [0.25, 0.3) is 9.69 Å². The van der Waals surface area contributed by atoms with Crippen molar-refractivity contribution in [1.29, 1.82) is 0 Å². The summed E-state index contributed by atoms with van der Waals surface area (Å²) in [4.78, 5) is 7.09. The van der Waals surface area contributed by atoms with Crippen molar-refractivity contribution in [1.82, 2.24) is 0 Å². The lowest BCUT2D eigenvalue weighted by molar-refractivity contribution is 0.592. The first-order chi connectivity index (χ1) is 11.7. The zero-order chi connectivity index (χ0) is 17.0. The van der Waals surface area contributed by atoms with Crippen LogP contribution in [0.1, 0.15) is 0 Å². The van der Waals surface area contributed by atoms with Crippen molar-refractivity contribution in [2.75, 3.05) is 0 Å². The molecule has 0 N–H and O–H groups in total. The summed E-state index contributed by atoms with van der Waals surface area (Å²) >= 11 is 0. The average molecular weight is 328 g/mol. The topological polar surface area (TPSA) is 25.8 Å².